The molecule has 1 unspecified atom stereocenters. The molecule has 2 atom stereocenters. The van der Waals surface area contributed by atoms with Crippen LogP contribution in [-0.2, 0) is 24.9 Å². The van der Waals surface area contributed by atoms with E-state index in [1.54, 1.807) is 0 Å². The van der Waals surface area contributed by atoms with Gasteiger partial charge in [0, 0.05) is 19.6 Å². The Morgan fingerprint density at radius 3 is 2.33 bits per heavy atom. The minimum Gasteiger partial charge on any atom is -0.365 e. The molecule has 2 fully saturated rings. The largest absolute Gasteiger partial charge is 0.411 e. The maximum absolute atomic E-state index is 15.1. The number of aromatic nitrogens is 2. The van der Waals surface area contributed by atoms with Crippen LogP contribution in [0.1, 0.15) is 73.3 Å². The summed E-state index contributed by atoms with van der Waals surface area (Å²) in [6, 6.07) is 2.68. The van der Waals surface area contributed by atoms with Gasteiger partial charge in [0.1, 0.15) is 23.0 Å². The molecule has 0 spiro atoms. The topological polar surface area (TPSA) is 94.6 Å². The number of halogens is 6. The van der Waals surface area contributed by atoms with Gasteiger partial charge in [0.15, 0.2) is 12.4 Å². The highest BCUT2D eigenvalue weighted by Gasteiger charge is 2.64. The van der Waals surface area contributed by atoms with E-state index in [4.69, 9.17) is 14.2 Å². The average molecular weight is 563 g/mol. The van der Waals surface area contributed by atoms with Crippen LogP contribution in [0.4, 0.5) is 32.2 Å². The summed E-state index contributed by atoms with van der Waals surface area (Å²) in [7, 11) is 1.14. The van der Waals surface area contributed by atoms with Crippen LogP contribution in [0.5, 0.6) is 0 Å². The molecule has 2 N–H and O–H groups in total. The summed E-state index contributed by atoms with van der Waals surface area (Å²) in [6.45, 7) is 3.89. The van der Waals surface area contributed by atoms with E-state index in [9.17, 15) is 26.7 Å². The molecule has 214 valence electrons. The van der Waals surface area contributed by atoms with Gasteiger partial charge in [-0.25, -0.2) is 23.1 Å². The number of carbonyl (C=O) groups is 1. The van der Waals surface area contributed by atoms with E-state index in [-0.39, 0.29) is 54.5 Å². The molecule has 1 aromatic heterocycles. The number of hydrogen-bond donors (Lipinski definition) is 2. The molecular formula is C25H28F6N4O4. The first-order chi connectivity index (χ1) is 18.2. The van der Waals surface area contributed by atoms with Crippen molar-refractivity contribution in [2.45, 2.75) is 69.7 Å². The molecule has 2 aromatic rings. The second-order valence-corrected chi connectivity index (χ2v) is 9.64. The van der Waals surface area contributed by atoms with Gasteiger partial charge < -0.3 is 24.8 Å². The first-order valence-electron chi connectivity index (χ1n) is 12.1. The van der Waals surface area contributed by atoms with Crippen molar-refractivity contribution in [3.05, 3.63) is 52.2 Å². The third kappa shape index (κ3) is 5.82. The number of hydrogen-bond acceptors (Lipinski definition) is 7. The van der Waals surface area contributed by atoms with Crippen LogP contribution in [0.2, 0.25) is 0 Å². The molecule has 1 amide bonds. The van der Waals surface area contributed by atoms with Crippen LogP contribution in [-0.4, -0.2) is 47.9 Å². The highest BCUT2D eigenvalue weighted by Crippen LogP contribution is 2.49. The molecule has 1 saturated heterocycles. The normalized spacial score (nSPS) is 19.0. The number of nitrogens with one attached hydrogen (secondary N) is 2. The van der Waals surface area contributed by atoms with Crippen molar-refractivity contribution in [3.8, 4) is 0 Å². The molecular weight excluding hydrogens is 534 g/mol. The maximum atomic E-state index is 15.1. The minimum absolute atomic E-state index is 0.0109. The summed E-state index contributed by atoms with van der Waals surface area (Å²) < 4.78 is 99.9. The molecule has 39 heavy (non-hydrogen) atoms. The molecule has 0 bridgehead atoms. The van der Waals surface area contributed by atoms with Crippen molar-refractivity contribution in [2.24, 2.45) is 0 Å². The Morgan fingerprint density at radius 2 is 1.79 bits per heavy atom. The minimum atomic E-state index is -4.65. The van der Waals surface area contributed by atoms with E-state index in [1.807, 2.05) is 5.32 Å². The zero-order chi connectivity index (χ0) is 28.8. The van der Waals surface area contributed by atoms with Crippen molar-refractivity contribution in [2.75, 3.05) is 25.6 Å². The molecule has 14 heteroatoms. The average Bonchev–Trinajstić information content (AvgIpc) is 3.42. The summed E-state index contributed by atoms with van der Waals surface area (Å²) >= 11 is 0. The Bertz CT molecular complexity index is 1230. The predicted molar refractivity (Wildman–Crippen MR) is 125 cm³/mol. The molecule has 4 rings (SSSR count). The highest BCUT2D eigenvalue weighted by molar-refractivity contribution is 5.84. The summed E-state index contributed by atoms with van der Waals surface area (Å²) in [5, 5.41) is 4.98. The van der Waals surface area contributed by atoms with Gasteiger partial charge in [0.05, 0.1) is 36.1 Å². The zero-order valence-corrected chi connectivity index (χ0v) is 21.6. The number of aryl methyl sites for hydroxylation is 1. The van der Waals surface area contributed by atoms with E-state index >= 15 is 4.39 Å². The van der Waals surface area contributed by atoms with Gasteiger partial charge in [0.25, 0.3) is 11.8 Å². The van der Waals surface area contributed by atoms with Gasteiger partial charge in [-0.05, 0) is 26.7 Å². The van der Waals surface area contributed by atoms with Crippen molar-refractivity contribution in [1.82, 2.24) is 15.3 Å². The summed E-state index contributed by atoms with van der Waals surface area (Å²) in [5.74, 6) is -5.50. The summed E-state index contributed by atoms with van der Waals surface area (Å²) in [6.07, 6.45) is -7.93. The van der Waals surface area contributed by atoms with Crippen molar-refractivity contribution in [3.63, 3.8) is 0 Å². The number of amides is 1. The third-order valence-electron chi connectivity index (χ3n) is 6.64. The fourth-order valence-electron chi connectivity index (χ4n) is 4.42. The number of rotatable bonds is 9. The highest BCUT2D eigenvalue weighted by atomic mass is 19.4. The standard InChI is InChI=1S/C25H28F6N4O4/c1-12(14-6-5-7-15(17(14)26)23(3,27)28)32-20-16(22-38-10-11-39-22)18(33-13(2)34-20)19(37-4)21(36)35-24(8-9-24)25(29,30)31/h5-7,12,19,22H,8-11H2,1-4H3,(H,35,36)(H,32,33,34)/t12-,19?/m1/s1. The third-order valence-corrected chi connectivity index (χ3v) is 6.64. The van der Waals surface area contributed by atoms with Gasteiger partial charge in [-0.2, -0.15) is 13.2 Å². The van der Waals surface area contributed by atoms with Crippen molar-refractivity contribution in [1.29, 1.82) is 0 Å². The van der Waals surface area contributed by atoms with E-state index in [1.165, 1.54) is 26.0 Å². The van der Waals surface area contributed by atoms with Crippen LogP contribution in [0, 0.1) is 12.7 Å². The van der Waals surface area contributed by atoms with Crippen LogP contribution < -0.4 is 10.6 Å². The smallest absolute Gasteiger partial charge is 0.365 e. The summed E-state index contributed by atoms with van der Waals surface area (Å²) in [5.41, 5.74) is -3.28. The molecule has 2 heterocycles. The first-order valence-corrected chi connectivity index (χ1v) is 12.1. The van der Waals surface area contributed by atoms with Gasteiger partial charge in [0.2, 0.25) is 0 Å². The van der Waals surface area contributed by atoms with Crippen LogP contribution in [0.3, 0.4) is 0 Å². The second kappa shape index (κ2) is 10.5. The second-order valence-electron chi connectivity index (χ2n) is 9.64. The fraction of sp³-hybridized carbons (Fsp3) is 0.560. The number of anilines is 1. The van der Waals surface area contributed by atoms with Gasteiger partial charge >= 0.3 is 6.18 Å². The number of alkyl halides is 5. The van der Waals surface area contributed by atoms with Crippen molar-refractivity contribution >= 4 is 11.7 Å². The first kappa shape index (κ1) is 29.0. The molecule has 0 radical (unpaired) electrons. The van der Waals surface area contributed by atoms with Crippen LogP contribution >= 0.6 is 0 Å². The lowest BCUT2D eigenvalue weighted by molar-refractivity contribution is -0.173. The lowest BCUT2D eigenvalue weighted by Crippen LogP contribution is -2.49. The van der Waals surface area contributed by atoms with E-state index in [0.29, 0.717) is 6.92 Å². The lowest BCUT2D eigenvalue weighted by Gasteiger charge is -2.27. The molecule has 1 aliphatic carbocycles. The predicted octanol–water partition coefficient (Wildman–Crippen LogP) is 5.15. The Morgan fingerprint density at radius 1 is 1.15 bits per heavy atom. The van der Waals surface area contributed by atoms with Gasteiger partial charge in [-0.1, -0.05) is 18.2 Å². The van der Waals surface area contributed by atoms with Gasteiger partial charge in [-0.3, -0.25) is 4.79 Å². The molecule has 8 nitrogen and oxygen atoms in total. The number of ether oxygens (including phenoxy) is 3. The van der Waals surface area contributed by atoms with Crippen molar-refractivity contribution < 1.29 is 45.3 Å². The summed E-state index contributed by atoms with van der Waals surface area (Å²) in [4.78, 5) is 21.7. The monoisotopic (exact) mass is 562 g/mol. The Hall–Kier alpha value is -2.97. The number of carbonyl (C=O) groups excluding carboxylic acids is 1. The number of methoxy groups -OCH3 is 1. The lowest BCUT2D eigenvalue weighted by atomic mass is 10.00. The van der Waals surface area contributed by atoms with Gasteiger partial charge in [-0.15, -0.1) is 0 Å². The zero-order valence-electron chi connectivity index (χ0n) is 21.6. The van der Waals surface area contributed by atoms with Crippen LogP contribution in [0.15, 0.2) is 18.2 Å². The molecule has 1 aromatic carbocycles. The molecule has 1 saturated carbocycles. The molecule has 2 aliphatic rings. The molecule has 1 aliphatic heterocycles. The quantitative estimate of drug-likeness (QED) is 0.408. The number of benzene rings is 1. The van der Waals surface area contributed by atoms with Crippen LogP contribution in [0.25, 0.3) is 0 Å². The fourth-order valence-corrected chi connectivity index (χ4v) is 4.42. The number of nitrogens with zero attached hydrogens (tertiary/aromatic N) is 2. The van der Waals surface area contributed by atoms with E-state index in [2.05, 4.69) is 15.3 Å². The van der Waals surface area contributed by atoms with E-state index in [0.717, 1.165) is 13.2 Å². The maximum Gasteiger partial charge on any atom is 0.411 e. The Balaban J connectivity index is 1.74. The SMILES string of the molecule is COC(C(=O)NC1(C(F)(F)F)CC1)c1nc(C)nc(N[C@H](C)c2cccc(C(C)(F)F)c2F)c1C1OCCO1. The Labute approximate surface area is 220 Å². The Kier molecular flexibility index (Phi) is 7.85. The van der Waals surface area contributed by atoms with E-state index < -0.39 is 53.4 Å².